The molecule has 0 spiro atoms. The maximum Gasteiger partial charge on any atom is 0.416 e. The molecule has 92 valence electrons. The minimum atomic E-state index is -0.740. The Morgan fingerprint density at radius 2 is 1.76 bits per heavy atom. The molecule has 0 radical (unpaired) electrons. The van der Waals surface area contributed by atoms with Crippen LogP contribution in [0.5, 0.6) is 5.75 Å². The van der Waals surface area contributed by atoms with Crippen LogP contribution >= 0.6 is 0 Å². The zero-order valence-corrected chi connectivity index (χ0v) is 9.75. The number of rotatable bonds is 2. The maximum atomic E-state index is 11.5. The average Bonchev–Trinajstić information content (AvgIpc) is 2.59. The second-order valence-electron chi connectivity index (χ2n) is 3.86. The molecule has 1 N–H and O–H groups in total. The first kappa shape index (κ1) is 11.9. The van der Waals surface area contributed by atoms with Gasteiger partial charge in [-0.2, -0.15) is 0 Å². The molecule has 1 aromatic rings. The lowest BCUT2D eigenvalue weighted by Gasteiger charge is -2.11. The lowest BCUT2D eigenvalue weighted by Crippen LogP contribution is -2.37. The fourth-order valence-corrected chi connectivity index (χ4v) is 1.43. The third-order valence-electron chi connectivity index (χ3n) is 2.53. The summed E-state index contributed by atoms with van der Waals surface area (Å²) in [4.78, 5) is 11.5. The number of benzene rings is 1. The van der Waals surface area contributed by atoms with E-state index in [-0.39, 0.29) is 12.2 Å². The highest BCUT2D eigenvalue weighted by atomic mass is 16.8. The summed E-state index contributed by atoms with van der Waals surface area (Å²) in [7, 11) is 0. The summed E-state index contributed by atoms with van der Waals surface area (Å²) in [6, 6.07) is 8.81. The van der Waals surface area contributed by atoms with Gasteiger partial charge in [-0.3, -0.25) is 5.32 Å². The Hall–Kier alpha value is -1.59. The van der Waals surface area contributed by atoms with Gasteiger partial charge in [0.1, 0.15) is 5.75 Å². The lowest BCUT2D eigenvalue weighted by atomic mass is 10.3. The SMILES string of the molecule is CC1OC(NC(=O)Oc2ccccc2)OC1C. The van der Waals surface area contributed by atoms with Gasteiger partial charge in [0, 0.05) is 0 Å². The highest BCUT2D eigenvalue weighted by Gasteiger charge is 2.31. The molecule has 1 fully saturated rings. The fourth-order valence-electron chi connectivity index (χ4n) is 1.43. The van der Waals surface area contributed by atoms with E-state index in [1.54, 1.807) is 24.3 Å². The van der Waals surface area contributed by atoms with Gasteiger partial charge in [-0.15, -0.1) is 0 Å². The fraction of sp³-hybridized carbons (Fsp3) is 0.417. The van der Waals surface area contributed by atoms with Crippen molar-refractivity contribution in [2.45, 2.75) is 32.5 Å². The van der Waals surface area contributed by atoms with Crippen molar-refractivity contribution < 1.29 is 19.0 Å². The van der Waals surface area contributed by atoms with Gasteiger partial charge < -0.3 is 14.2 Å². The summed E-state index contributed by atoms with van der Waals surface area (Å²) in [5, 5.41) is 2.48. The molecule has 0 aromatic heterocycles. The van der Waals surface area contributed by atoms with E-state index in [1.165, 1.54) is 0 Å². The van der Waals surface area contributed by atoms with E-state index in [0.29, 0.717) is 5.75 Å². The number of carbonyl (C=O) groups is 1. The number of hydrogen-bond acceptors (Lipinski definition) is 4. The normalized spacial score (nSPS) is 27.8. The zero-order valence-electron chi connectivity index (χ0n) is 9.75. The summed E-state index contributed by atoms with van der Waals surface area (Å²) in [5.41, 5.74) is 0. The predicted octanol–water partition coefficient (Wildman–Crippen LogP) is 1.88. The van der Waals surface area contributed by atoms with Crippen molar-refractivity contribution in [1.29, 1.82) is 0 Å². The van der Waals surface area contributed by atoms with Crippen LogP contribution in [-0.4, -0.2) is 24.7 Å². The molecule has 0 saturated carbocycles. The minimum Gasteiger partial charge on any atom is -0.410 e. The molecular formula is C12H15NO4. The monoisotopic (exact) mass is 237 g/mol. The average molecular weight is 237 g/mol. The van der Waals surface area contributed by atoms with E-state index in [1.807, 2.05) is 19.9 Å². The molecule has 2 unspecified atom stereocenters. The van der Waals surface area contributed by atoms with E-state index >= 15 is 0 Å². The first-order valence-electron chi connectivity index (χ1n) is 5.49. The molecule has 17 heavy (non-hydrogen) atoms. The molecule has 1 aromatic carbocycles. The lowest BCUT2D eigenvalue weighted by molar-refractivity contribution is -0.0789. The Kier molecular flexibility index (Phi) is 3.61. The Balaban J connectivity index is 1.82. The summed E-state index contributed by atoms with van der Waals surface area (Å²) >= 11 is 0. The van der Waals surface area contributed by atoms with E-state index < -0.39 is 12.5 Å². The van der Waals surface area contributed by atoms with Crippen LogP contribution in [0.3, 0.4) is 0 Å². The number of carbonyl (C=O) groups excluding carboxylic acids is 1. The third-order valence-corrected chi connectivity index (χ3v) is 2.53. The molecule has 1 aliphatic rings. The first-order chi connectivity index (χ1) is 8.15. The van der Waals surface area contributed by atoms with E-state index in [9.17, 15) is 4.79 Å². The highest BCUT2D eigenvalue weighted by molar-refractivity contribution is 5.70. The van der Waals surface area contributed by atoms with Gasteiger partial charge in [0.2, 0.25) is 6.41 Å². The van der Waals surface area contributed by atoms with Crippen LogP contribution in [0.1, 0.15) is 13.8 Å². The molecule has 1 saturated heterocycles. The Morgan fingerprint density at radius 1 is 1.18 bits per heavy atom. The molecule has 1 aliphatic heterocycles. The van der Waals surface area contributed by atoms with Crippen molar-refractivity contribution in [1.82, 2.24) is 5.32 Å². The summed E-state index contributed by atoms with van der Waals surface area (Å²) in [6.45, 7) is 3.77. The van der Waals surface area contributed by atoms with Crippen molar-refractivity contribution in [2.75, 3.05) is 0 Å². The number of hydrogen-bond donors (Lipinski definition) is 1. The number of nitrogens with one attached hydrogen (secondary N) is 1. The van der Waals surface area contributed by atoms with E-state index in [0.717, 1.165) is 0 Å². The minimum absolute atomic E-state index is 0.0444. The molecule has 5 heteroatoms. The third kappa shape index (κ3) is 3.18. The molecule has 0 aliphatic carbocycles. The molecule has 2 atom stereocenters. The zero-order chi connectivity index (χ0) is 12.3. The quantitative estimate of drug-likeness (QED) is 0.853. The van der Waals surface area contributed by atoms with Gasteiger partial charge in [-0.1, -0.05) is 18.2 Å². The molecular weight excluding hydrogens is 222 g/mol. The molecule has 2 rings (SSSR count). The number of para-hydroxylation sites is 1. The topological polar surface area (TPSA) is 56.8 Å². The molecule has 5 nitrogen and oxygen atoms in total. The molecule has 1 amide bonds. The second-order valence-corrected chi connectivity index (χ2v) is 3.86. The van der Waals surface area contributed by atoms with Crippen molar-refractivity contribution in [3.8, 4) is 5.75 Å². The Labute approximate surface area is 99.7 Å². The van der Waals surface area contributed by atoms with Crippen molar-refractivity contribution in [3.63, 3.8) is 0 Å². The maximum absolute atomic E-state index is 11.5. The first-order valence-corrected chi connectivity index (χ1v) is 5.49. The van der Waals surface area contributed by atoms with Gasteiger partial charge in [0.15, 0.2) is 0 Å². The van der Waals surface area contributed by atoms with Crippen molar-refractivity contribution >= 4 is 6.09 Å². The van der Waals surface area contributed by atoms with Crippen LogP contribution in [0.2, 0.25) is 0 Å². The van der Waals surface area contributed by atoms with Gasteiger partial charge in [0.25, 0.3) is 0 Å². The Bertz CT molecular complexity index is 371. The molecule has 1 heterocycles. The van der Waals surface area contributed by atoms with E-state index in [4.69, 9.17) is 14.2 Å². The number of amides is 1. The van der Waals surface area contributed by atoms with Crippen LogP contribution in [0, 0.1) is 0 Å². The largest absolute Gasteiger partial charge is 0.416 e. The summed E-state index contributed by atoms with van der Waals surface area (Å²) in [5.74, 6) is 0.476. The van der Waals surface area contributed by atoms with Gasteiger partial charge >= 0.3 is 6.09 Å². The van der Waals surface area contributed by atoms with Gasteiger partial charge in [0.05, 0.1) is 12.2 Å². The highest BCUT2D eigenvalue weighted by Crippen LogP contribution is 2.16. The molecule has 0 bridgehead atoms. The standard InChI is InChI=1S/C12H15NO4/c1-8-9(2)16-12(15-8)13-11(14)17-10-6-4-3-5-7-10/h3-9,12H,1-2H3,(H,13,14). The predicted molar refractivity (Wildman–Crippen MR) is 60.5 cm³/mol. The van der Waals surface area contributed by atoms with Gasteiger partial charge in [-0.05, 0) is 26.0 Å². The summed E-state index contributed by atoms with van der Waals surface area (Å²) in [6.07, 6.45) is -1.42. The number of ether oxygens (including phenoxy) is 3. The van der Waals surface area contributed by atoms with Crippen molar-refractivity contribution in [3.05, 3.63) is 30.3 Å². The Morgan fingerprint density at radius 3 is 2.35 bits per heavy atom. The van der Waals surface area contributed by atoms with Crippen LogP contribution < -0.4 is 10.1 Å². The van der Waals surface area contributed by atoms with Crippen LogP contribution in [0.15, 0.2) is 30.3 Å². The second kappa shape index (κ2) is 5.16. The van der Waals surface area contributed by atoms with Crippen LogP contribution in [0.25, 0.3) is 0 Å². The smallest absolute Gasteiger partial charge is 0.410 e. The van der Waals surface area contributed by atoms with E-state index in [2.05, 4.69) is 5.32 Å². The van der Waals surface area contributed by atoms with Crippen LogP contribution in [0.4, 0.5) is 4.79 Å². The van der Waals surface area contributed by atoms with Gasteiger partial charge in [-0.25, -0.2) is 4.79 Å². The van der Waals surface area contributed by atoms with Crippen LogP contribution in [-0.2, 0) is 9.47 Å². The van der Waals surface area contributed by atoms with Crippen molar-refractivity contribution in [2.24, 2.45) is 0 Å². The summed E-state index contributed by atoms with van der Waals surface area (Å²) < 4.78 is 15.7.